The molecule has 0 aliphatic carbocycles. The minimum absolute atomic E-state index is 0.0723. The highest BCUT2D eigenvalue weighted by atomic mass is 16.3. The van der Waals surface area contributed by atoms with E-state index in [1.165, 1.54) is 0 Å². The number of hydrogen-bond acceptors (Lipinski definition) is 1. The van der Waals surface area contributed by atoms with Gasteiger partial charge in [-0.25, -0.2) is 0 Å². The molecule has 252 valence electrons. The van der Waals surface area contributed by atoms with Crippen molar-refractivity contribution in [3.63, 3.8) is 0 Å². The summed E-state index contributed by atoms with van der Waals surface area (Å²) < 4.78 is 142. The minimum Gasteiger partial charge on any atom is -0.455 e. The molecular weight excluding hydrogens is 653 g/mol. The molecule has 1 heteroatoms. The molecule has 0 aliphatic rings. The van der Waals surface area contributed by atoms with Crippen LogP contribution in [0.4, 0.5) is 0 Å². The van der Waals surface area contributed by atoms with Crippen LogP contribution < -0.4 is 0 Å². The van der Waals surface area contributed by atoms with Gasteiger partial charge in [-0.15, -0.1) is 0 Å². The molecule has 0 N–H and O–H groups in total. The lowest BCUT2D eigenvalue weighted by Gasteiger charge is -2.20. The zero-order valence-corrected chi connectivity index (χ0v) is 28.4. The number of rotatable bonds is 5. The van der Waals surface area contributed by atoms with Gasteiger partial charge in [0.25, 0.3) is 0 Å². The van der Waals surface area contributed by atoms with Crippen LogP contribution in [0.1, 0.15) is 31.7 Å². The second kappa shape index (κ2) is 12.3. The van der Waals surface area contributed by atoms with Crippen molar-refractivity contribution in [2.75, 3.05) is 0 Å². The van der Waals surface area contributed by atoms with E-state index in [1.807, 2.05) is 91.0 Å². The maximum atomic E-state index is 9.58. The second-order valence-corrected chi connectivity index (χ2v) is 13.2. The van der Waals surface area contributed by atoms with Gasteiger partial charge in [-0.3, -0.25) is 0 Å². The average molecular weight is 702 g/mol. The van der Waals surface area contributed by atoms with Gasteiger partial charge in [0.2, 0.25) is 0 Å². The summed E-state index contributed by atoms with van der Waals surface area (Å²) in [6.45, 7) is 0. The lowest BCUT2D eigenvalue weighted by atomic mass is 9.83. The first-order valence-electron chi connectivity index (χ1n) is 25.0. The van der Waals surface area contributed by atoms with Crippen molar-refractivity contribution in [2.45, 2.75) is 6.42 Å². The number of fused-ring (bicyclic) bond motifs is 7. The van der Waals surface area contributed by atoms with E-state index in [9.17, 15) is 6.85 Å². The maximum Gasteiger partial charge on any atom is 0.143 e. The number of para-hydroxylation sites is 1. The van der Waals surface area contributed by atoms with Gasteiger partial charge in [-0.1, -0.05) is 182 Å². The third-order valence-electron chi connectivity index (χ3n) is 10.2. The molecule has 1 nitrogen and oxygen atoms in total. The van der Waals surface area contributed by atoms with Crippen molar-refractivity contribution in [1.29, 1.82) is 0 Å². The average Bonchev–Trinajstić information content (AvgIpc) is 3.74. The van der Waals surface area contributed by atoms with E-state index in [0.29, 0.717) is 22.1 Å². The van der Waals surface area contributed by atoms with E-state index in [2.05, 4.69) is 0 Å². The summed E-state index contributed by atoms with van der Waals surface area (Å²) in [4.78, 5) is 0. The summed E-state index contributed by atoms with van der Waals surface area (Å²) >= 11 is 0. The topological polar surface area (TPSA) is 13.1 Å². The first-order valence-corrected chi connectivity index (χ1v) is 17.5. The Morgan fingerprint density at radius 2 is 1.11 bits per heavy atom. The van der Waals surface area contributed by atoms with Gasteiger partial charge >= 0.3 is 0 Å². The zero-order valence-electron chi connectivity index (χ0n) is 43.4. The largest absolute Gasteiger partial charge is 0.455 e. The Balaban J connectivity index is 1.26. The Morgan fingerprint density at radius 1 is 0.444 bits per heavy atom. The lowest BCUT2D eigenvalue weighted by molar-refractivity contribution is 0.670. The van der Waals surface area contributed by atoms with Gasteiger partial charge in [0.05, 0.1) is 20.6 Å². The number of furan rings is 1. The highest BCUT2D eigenvalue weighted by molar-refractivity contribution is 6.21. The summed E-state index contributed by atoms with van der Waals surface area (Å²) in [5.74, 6) is 0. The molecule has 11 rings (SSSR count). The van der Waals surface area contributed by atoms with Crippen molar-refractivity contribution >= 4 is 65.0 Å². The van der Waals surface area contributed by atoms with E-state index in [4.69, 9.17) is 18.1 Å². The van der Waals surface area contributed by atoms with Crippen molar-refractivity contribution in [3.05, 3.63) is 205 Å². The van der Waals surface area contributed by atoms with Crippen LogP contribution in [0, 0.1) is 0 Å². The minimum atomic E-state index is -0.655. The van der Waals surface area contributed by atoms with Gasteiger partial charge in [-0.05, 0) is 101 Å². The molecule has 1 aromatic heterocycles. The van der Waals surface area contributed by atoms with Gasteiger partial charge in [0.1, 0.15) is 11.2 Å². The van der Waals surface area contributed by atoms with Gasteiger partial charge in [0.15, 0.2) is 0 Å². The van der Waals surface area contributed by atoms with Crippen LogP contribution >= 0.6 is 0 Å². The molecule has 0 atom stereocenters. The van der Waals surface area contributed by atoms with Gasteiger partial charge < -0.3 is 4.42 Å². The molecule has 1 heterocycles. The zero-order chi connectivity index (χ0) is 48.6. The summed E-state index contributed by atoms with van der Waals surface area (Å²) in [5, 5.41) is 2.00. The molecule has 10 aromatic carbocycles. The first kappa shape index (κ1) is 19.2. The van der Waals surface area contributed by atoms with Crippen molar-refractivity contribution in [3.8, 4) is 33.4 Å². The molecule has 0 spiro atoms. The smallest absolute Gasteiger partial charge is 0.143 e. The fourth-order valence-corrected chi connectivity index (χ4v) is 7.83. The van der Waals surface area contributed by atoms with Crippen molar-refractivity contribution in [2.24, 2.45) is 0 Å². The summed E-state index contributed by atoms with van der Waals surface area (Å²) in [6, 6.07) is 24.1. The molecule has 11 aromatic rings. The molecule has 54 heavy (non-hydrogen) atoms. The molecule has 0 radical (unpaired) electrons. The predicted octanol–water partition coefficient (Wildman–Crippen LogP) is 14.8. The van der Waals surface area contributed by atoms with Crippen LogP contribution in [0.5, 0.6) is 0 Å². The molecule has 0 amide bonds. The van der Waals surface area contributed by atoms with Crippen LogP contribution in [-0.4, -0.2) is 0 Å². The fourth-order valence-electron chi connectivity index (χ4n) is 7.83. The lowest BCUT2D eigenvalue weighted by Crippen LogP contribution is -1.96. The van der Waals surface area contributed by atoms with Gasteiger partial charge in [0, 0.05) is 16.3 Å². The monoisotopic (exact) mass is 701 g/mol. The Kier molecular flexibility index (Phi) is 4.39. The highest BCUT2D eigenvalue weighted by Crippen LogP contribution is 2.46. The predicted molar refractivity (Wildman–Crippen MR) is 229 cm³/mol. The maximum absolute atomic E-state index is 9.58. The van der Waals surface area contributed by atoms with E-state index in [0.717, 1.165) is 38.4 Å². The van der Waals surface area contributed by atoms with E-state index in [-0.39, 0.29) is 49.0 Å². The molecule has 0 bridgehead atoms. The van der Waals surface area contributed by atoms with E-state index in [1.54, 1.807) is 12.1 Å². The molecule has 0 aliphatic heterocycles. The van der Waals surface area contributed by atoms with Crippen molar-refractivity contribution < 1.29 is 25.0 Å². The molecule has 0 fully saturated rings. The SMILES string of the molecule is [2H]c1c([2H])c([2H])c2c([2H])c(Cc3c4c([2H])c([2H])c([2H])c([2H])c4c(-c4cccc5cccc(-c6ccc7oc8c(-c9ccccc9)cccc8c7c6)c45)c4c([2H])c([2H])c([2H])c([2H])c34)c([2H])c([2H])c2c1[2H]. The summed E-state index contributed by atoms with van der Waals surface area (Å²) in [5.41, 5.74) is 5.00. The number of hydrogen-bond donors (Lipinski definition) is 0. The Morgan fingerprint density at radius 3 is 1.89 bits per heavy atom. The van der Waals surface area contributed by atoms with Gasteiger partial charge in [-0.2, -0.15) is 0 Å². The summed E-state index contributed by atoms with van der Waals surface area (Å²) in [6.07, 6.45) is -0.578. The third-order valence-corrected chi connectivity index (χ3v) is 10.2. The normalized spacial score (nSPS) is 15.7. The van der Waals surface area contributed by atoms with E-state index >= 15 is 0 Å². The fraction of sp³-hybridized carbons (Fsp3) is 0.0189. The van der Waals surface area contributed by atoms with Crippen LogP contribution in [-0.2, 0) is 6.42 Å². The van der Waals surface area contributed by atoms with Crippen molar-refractivity contribution in [1.82, 2.24) is 0 Å². The van der Waals surface area contributed by atoms with E-state index < -0.39 is 97.1 Å². The van der Waals surface area contributed by atoms with Crippen LogP contribution in [0.2, 0.25) is 0 Å². The molecule has 0 unspecified atom stereocenters. The third kappa shape index (κ3) is 4.86. The molecular formula is C53H34O. The highest BCUT2D eigenvalue weighted by Gasteiger charge is 2.20. The Bertz CT molecular complexity index is 4020. The Hall–Kier alpha value is -6.96. The van der Waals surface area contributed by atoms with Crippen LogP contribution in [0.25, 0.3) is 98.4 Å². The second-order valence-electron chi connectivity index (χ2n) is 13.2. The van der Waals surface area contributed by atoms with Crippen LogP contribution in [0.3, 0.4) is 0 Å². The quantitative estimate of drug-likeness (QED) is 0.163. The Labute approximate surface area is 334 Å². The molecule has 0 saturated carbocycles. The standard InChI is InChI=1S/C53H34O/c1-2-14-36(15-3-1)41-24-12-25-46-49-33-39(29-30-50(49)54-53(41)46)40-23-10-17-37-18-11-26-47(51(37)40)52-44-21-8-6-19-42(44)48(43-20-7-9-22-45(43)52)32-34-27-28-35-13-4-5-16-38(35)31-34/h1-31,33H,32H2/i4D,5D,6D,7D,8D,9D,13D,16D,19D,20D,21D,22D,27D,28D,31D. The summed E-state index contributed by atoms with van der Waals surface area (Å²) in [7, 11) is 0. The number of benzene rings is 10. The van der Waals surface area contributed by atoms with Crippen LogP contribution in [0.15, 0.2) is 198 Å². The molecule has 0 saturated heterocycles. The first-order chi connectivity index (χ1) is 33.0.